The summed E-state index contributed by atoms with van der Waals surface area (Å²) < 4.78 is 5.39. The number of benzene rings is 2. The molecule has 1 N–H and O–H groups in total. The zero-order chi connectivity index (χ0) is 17.5. The van der Waals surface area contributed by atoms with Gasteiger partial charge in [0.2, 0.25) is 0 Å². The fourth-order valence-electron chi connectivity index (χ4n) is 2.86. The second-order valence-electron chi connectivity index (χ2n) is 6.23. The highest BCUT2D eigenvalue weighted by atomic mass is 16.5. The van der Waals surface area contributed by atoms with Crippen molar-refractivity contribution in [2.24, 2.45) is 0 Å². The molecule has 0 spiro atoms. The lowest BCUT2D eigenvalue weighted by Gasteiger charge is -2.35. The molecule has 0 saturated carbocycles. The van der Waals surface area contributed by atoms with Crippen molar-refractivity contribution < 1.29 is 9.53 Å². The van der Waals surface area contributed by atoms with Gasteiger partial charge in [-0.25, -0.2) is 0 Å². The van der Waals surface area contributed by atoms with Crippen molar-refractivity contribution in [3.63, 3.8) is 0 Å². The first-order valence-electron chi connectivity index (χ1n) is 8.47. The Morgan fingerprint density at radius 3 is 2.40 bits per heavy atom. The Kier molecular flexibility index (Phi) is 5.71. The van der Waals surface area contributed by atoms with E-state index >= 15 is 0 Å². The molecular formula is C21H22N2O2. The second-order valence-corrected chi connectivity index (χ2v) is 6.23. The summed E-state index contributed by atoms with van der Waals surface area (Å²) >= 11 is 0. The van der Waals surface area contributed by atoms with E-state index in [2.05, 4.69) is 24.3 Å². The van der Waals surface area contributed by atoms with Crippen LogP contribution in [0.1, 0.15) is 18.1 Å². The van der Waals surface area contributed by atoms with Crippen LogP contribution < -0.4 is 5.32 Å². The first-order valence-corrected chi connectivity index (χ1v) is 8.47. The Balaban J connectivity index is 1.59. The summed E-state index contributed by atoms with van der Waals surface area (Å²) in [4.78, 5) is 14.5. The van der Waals surface area contributed by atoms with Crippen molar-refractivity contribution >= 4 is 5.91 Å². The molecule has 4 nitrogen and oxygen atoms in total. The van der Waals surface area contributed by atoms with E-state index < -0.39 is 6.04 Å². The van der Waals surface area contributed by atoms with Crippen LogP contribution in [0.15, 0.2) is 60.7 Å². The van der Waals surface area contributed by atoms with Crippen molar-refractivity contribution in [3.05, 3.63) is 71.8 Å². The minimum Gasteiger partial charge on any atom is -0.442 e. The van der Waals surface area contributed by atoms with Gasteiger partial charge in [0.25, 0.3) is 5.91 Å². The van der Waals surface area contributed by atoms with Gasteiger partial charge in [-0.3, -0.25) is 10.1 Å². The number of ether oxygens (including phenoxy) is 1. The quantitative estimate of drug-likeness (QED) is 0.874. The molecule has 0 bridgehead atoms. The minimum atomic E-state index is -0.525. The van der Waals surface area contributed by atoms with Crippen molar-refractivity contribution in [2.75, 3.05) is 6.54 Å². The van der Waals surface area contributed by atoms with Crippen LogP contribution in [0.2, 0.25) is 0 Å². The standard InChI is InChI=1S/C21H22N2O2/c1-17-14-23(15-18-8-4-2-5-9-18)21(24)20(22-17)12-13-25-16-19-10-6-3-7-11-19/h2-11,17,20,22H,14-16H2,1H3/t17-,20-/m0/s1. The molecule has 0 radical (unpaired) electrons. The van der Waals surface area contributed by atoms with Gasteiger partial charge in [-0.1, -0.05) is 60.7 Å². The van der Waals surface area contributed by atoms with Gasteiger partial charge < -0.3 is 9.64 Å². The van der Waals surface area contributed by atoms with Crippen molar-refractivity contribution in [2.45, 2.75) is 32.2 Å². The highest BCUT2D eigenvalue weighted by Crippen LogP contribution is 2.11. The number of hydrogen-bond acceptors (Lipinski definition) is 3. The molecule has 1 fully saturated rings. The SMILES string of the molecule is C[C@H]1CN(Cc2ccccc2)C(=O)[C@H](C#COCc2ccccc2)N1. The Hall–Kier alpha value is -2.77. The van der Waals surface area contributed by atoms with Crippen LogP contribution in [-0.2, 0) is 22.7 Å². The van der Waals surface area contributed by atoms with Crippen molar-refractivity contribution in [3.8, 4) is 12.0 Å². The molecule has 0 unspecified atom stereocenters. The van der Waals surface area contributed by atoms with Crippen molar-refractivity contribution in [1.29, 1.82) is 0 Å². The van der Waals surface area contributed by atoms with Crippen LogP contribution in [0.5, 0.6) is 0 Å². The zero-order valence-corrected chi connectivity index (χ0v) is 14.3. The molecule has 4 heteroatoms. The molecule has 1 aliphatic rings. The molecule has 1 aliphatic heterocycles. The van der Waals surface area contributed by atoms with E-state index in [9.17, 15) is 4.79 Å². The van der Waals surface area contributed by atoms with Gasteiger partial charge in [0.15, 0.2) is 6.04 Å². The molecule has 0 aliphatic carbocycles. The van der Waals surface area contributed by atoms with Crippen LogP contribution >= 0.6 is 0 Å². The van der Waals surface area contributed by atoms with E-state index in [4.69, 9.17) is 4.74 Å². The van der Waals surface area contributed by atoms with Crippen LogP contribution in [0.3, 0.4) is 0 Å². The molecular weight excluding hydrogens is 312 g/mol. The molecule has 2 aromatic rings. The number of rotatable bonds is 4. The zero-order valence-electron chi connectivity index (χ0n) is 14.3. The second kappa shape index (κ2) is 8.36. The topological polar surface area (TPSA) is 41.6 Å². The van der Waals surface area contributed by atoms with E-state index in [1.165, 1.54) is 0 Å². The first kappa shape index (κ1) is 17.1. The molecule has 2 atom stereocenters. The Labute approximate surface area is 148 Å². The summed E-state index contributed by atoms with van der Waals surface area (Å²) in [5.41, 5.74) is 2.18. The lowest BCUT2D eigenvalue weighted by molar-refractivity contribution is -0.135. The maximum Gasteiger partial charge on any atom is 0.252 e. The number of carbonyl (C=O) groups excluding carboxylic acids is 1. The molecule has 0 aromatic heterocycles. The third-order valence-electron chi connectivity index (χ3n) is 4.08. The molecule has 1 heterocycles. The molecule has 128 valence electrons. The number of nitrogens with one attached hydrogen (secondary N) is 1. The minimum absolute atomic E-state index is 0.00207. The van der Waals surface area contributed by atoms with Gasteiger partial charge in [-0.05, 0) is 24.0 Å². The van der Waals surface area contributed by atoms with Gasteiger partial charge >= 0.3 is 0 Å². The largest absolute Gasteiger partial charge is 0.442 e. The number of piperazine rings is 1. The molecule has 3 rings (SSSR count). The van der Waals surface area contributed by atoms with Gasteiger partial charge in [0, 0.05) is 19.1 Å². The average molecular weight is 334 g/mol. The molecule has 25 heavy (non-hydrogen) atoms. The number of hydrogen-bond donors (Lipinski definition) is 1. The maximum absolute atomic E-state index is 12.6. The third kappa shape index (κ3) is 4.85. The summed E-state index contributed by atoms with van der Waals surface area (Å²) in [6.07, 6.45) is 2.68. The van der Waals surface area contributed by atoms with Crippen LogP contribution in [0, 0.1) is 12.0 Å². The van der Waals surface area contributed by atoms with Gasteiger partial charge in [0.1, 0.15) is 12.7 Å². The highest BCUT2D eigenvalue weighted by molar-refractivity contribution is 5.86. The third-order valence-corrected chi connectivity index (χ3v) is 4.08. The Morgan fingerprint density at radius 2 is 1.72 bits per heavy atom. The summed E-state index contributed by atoms with van der Waals surface area (Å²) in [5, 5.41) is 3.24. The summed E-state index contributed by atoms with van der Waals surface area (Å²) in [7, 11) is 0. The lowest BCUT2D eigenvalue weighted by Crippen LogP contribution is -2.58. The smallest absolute Gasteiger partial charge is 0.252 e. The normalized spacial score (nSPS) is 19.9. The number of amides is 1. The average Bonchev–Trinajstić information content (AvgIpc) is 2.64. The van der Waals surface area contributed by atoms with E-state index in [0.717, 1.165) is 11.1 Å². The fraction of sp³-hybridized carbons (Fsp3) is 0.286. The summed E-state index contributed by atoms with van der Waals surface area (Å²) in [5.74, 6) is 2.91. The van der Waals surface area contributed by atoms with Gasteiger partial charge in [-0.15, -0.1) is 0 Å². The van der Waals surface area contributed by atoms with E-state index in [1.807, 2.05) is 65.6 Å². The van der Waals surface area contributed by atoms with Gasteiger partial charge in [0.05, 0.1) is 0 Å². The number of nitrogens with zero attached hydrogens (tertiary/aromatic N) is 1. The van der Waals surface area contributed by atoms with Crippen molar-refractivity contribution in [1.82, 2.24) is 10.2 Å². The van der Waals surface area contributed by atoms with Crippen LogP contribution in [0.25, 0.3) is 0 Å². The predicted molar refractivity (Wildman–Crippen MR) is 97.3 cm³/mol. The number of carbonyl (C=O) groups is 1. The summed E-state index contributed by atoms with van der Waals surface area (Å²) in [6.45, 7) is 3.76. The van der Waals surface area contributed by atoms with Gasteiger partial charge in [-0.2, -0.15) is 0 Å². The monoisotopic (exact) mass is 334 g/mol. The first-order chi connectivity index (χ1) is 12.2. The fourth-order valence-corrected chi connectivity index (χ4v) is 2.86. The van der Waals surface area contributed by atoms with E-state index in [1.54, 1.807) is 0 Å². The highest BCUT2D eigenvalue weighted by Gasteiger charge is 2.30. The van der Waals surface area contributed by atoms with Crippen LogP contribution in [-0.4, -0.2) is 29.4 Å². The predicted octanol–water partition coefficient (Wildman–Crippen LogP) is 2.55. The van der Waals surface area contributed by atoms with E-state index in [0.29, 0.717) is 19.7 Å². The molecule has 2 aromatic carbocycles. The lowest BCUT2D eigenvalue weighted by atomic mass is 10.1. The molecule has 1 saturated heterocycles. The Bertz CT molecular complexity index is 750. The Morgan fingerprint density at radius 1 is 1.08 bits per heavy atom. The summed E-state index contributed by atoms with van der Waals surface area (Å²) in [6, 6.07) is 19.5. The maximum atomic E-state index is 12.6. The van der Waals surface area contributed by atoms with Crippen LogP contribution in [0.4, 0.5) is 0 Å². The molecule has 1 amide bonds. The van der Waals surface area contributed by atoms with E-state index in [-0.39, 0.29) is 11.9 Å².